The molecule has 4 rings (SSSR count). The van der Waals surface area contributed by atoms with Gasteiger partial charge in [-0.3, -0.25) is 14.6 Å². The van der Waals surface area contributed by atoms with Crippen LogP contribution in [0, 0.1) is 0 Å². The van der Waals surface area contributed by atoms with E-state index in [4.69, 9.17) is 4.74 Å². The highest BCUT2D eigenvalue weighted by molar-refractivity contribution is 5.93. The molecule has 1 atom stereocenters. The Bertz CT molecular complexity index is 703. The van der Waals surface area contributed by atoms with E-state index in [1.165, 1.54) is 0 Å². The second-order valence-corrected chi connectivity index (χ2v) is 7.86. The Kier molecular flexibility index (Phi) is 5.44. The molecule has 3 aliphatic heterocycles. The molecule has 3 fully saturated rings. The maximum absolute atomic E-state index is 12.8. The molecule has 7 heteroatoms. The molecule has 0 radical (unpaired) electrons. The molecule has 1 N–H and O–H groups in total. The van der Waals surface area contributed by atoms with Crippen molar-refractivity contribution >= 4 is 17.7 Å². The van der Waals surface area contributed by atoms with Gasteiger partial charge in [0.2, 0.25) is 5.91 Å². The summed E-state index contributed by atoms with van der Waals surface area (Å²) in [4.78, 5) is 31.7. The van der Waals surface area contributed by atoms with Crippen LogP contribution in [0.5, 0.6) is 0 Å². The van der Waals surface area contributed by atoms with E-state index >= 15 is 0 Å². The van der Waals surface area contributed by atoms with Crippen LogP contribution in [0.1, 0.15) is 39.0 Å². The molecular weight excluding hydrogens is 356 g/mol. The second kappa shape index (κ2) is 7.99. The Hall–Kier alpha value is -2.28. The van der Waals surface area contributed by atoms with Gasteiger partial charge in [-0.25, -0.2) is 4.79 Å². The smallest absolute Gasteiger partial charge is 0.411 e. The van der Waals surface area contributed by atoms with Gasteiger partial charge in [-0.15, -0.1) is 0 Å². The number of amides is 2. The molecule has 28 heavy (non-hydrogen) atoms. The lowest BCUT2D eigenvalue weighted by atomic mass is 9.85. The van der Waals surface area contributed by atoms with Crippen molar-refractivity contribution in [2.45, 2.75) is 50.7 Å². The SMILES string of the molecule is CCOC(=O)N1CCCCC1N1CCC2(CC1)C(=O)NCN2c1ccccc1. The zero-order chi connectivity index (χ0) is 19.6. The summed E-state index contributed by atoms with van der Waals surface area (Å²) in [5.74, 6) is 0.127. The number of hydrogen-bond donors (Lipinski definition) is 1. The van der Waals surface area contributed by atoms with E-state index in [1.807, 2.05) is 30.0 Å². The van der Waals surface area contributed by atoms with Crippen molar-refractivity contribution in [2.75, 3.05) is 37.8 Å². The first-order valence-corrected chi connectivity index (χ1v) is 10.4. The topological polar surface area (TPSA) is 65.1 Å². The molecule has 0 bridgehead atoms. The molecule has 0 aliphatic carbocycles. The van der Waals surface area contributed by atoms with Crippen LogP contribution in [0.2, 0.25) is 0 Å². The van der Waals surface area contributed by atoms with Crippen LogP contribution in [0.3, 0.4) is 0 Å². The fourth-order valence-corrected chi connectivity index (χ4v) is 4.94. The third-order valence-corrected chi connectivity index (χ3v) is 6.43. The minimum Gasteiger partial charge on any atom is -0.450 e. The predicted molar refractivity (Wildman–Crippen MR) is 107 cm³/mol. The first-order valence-electron chi connectivity index (χ1n) is 10.4. The summed E-state index contributed by atoms with van der Waals surface area (Å²) in [6, 6.07) is 10.2. The molecule has 3 heterocycles. The van der Waals surface area contributed by atoms with Crippen molar-refractivity contribution in [1.29, 1.82) is 0 Å². The number of anilines is 1. The summed E-state index contributed by atoms with van der Waals surface area (Å²) in [6.45, 7) is 5.16. The van der Waals surface area contributed by atoms with Crippen LogP contribution in [0.15, 0.2) is 30.3 Å². The van der Waals surface area contributed by atoms with Crippen molar-refractivity contribution in [3.8, 4) is 0 Å². The van der Waals surface area contributed by atoms with E-state index in [1.54, 1.807) is 0 Å². The van der Waals surface area contributed by atoms with Gasteiger partial charge in [0.05, 0.1) is 19.4 Å². The van der Waals surface area contributed by atoms with Crippen molar-refractivity contribution in [3.05, 3.63) is 30.3 Å². The minimum atomic E-state index is -0.485. The van der Waals surface area contributed by atoms with Crippen LogP contribution in [-0.4, -0.2) is 66.4 Å². The van der Waals surface area contributed by atoms with Crippen LogP contribution >= 0.6 is 0 Å². The van der Waals surface area contributed by atoms with Gasteiger partial charge >= 0.3 is 6.09 Å². The highest BCUT2D eigenvalue weighted by Gasteiger charge is 2.51. The average molecular weight is 386 g/mol. The lowest BCUT2D eigenvalue weighted by Crippen LogP contribution is -2.61. The summed E-state index contributed by atoms with van der Waals surface area (Å²) in [5.41, 5.74) is 0.599. The standard InChI is InChI=1S/C21H30N4O3/c1-2-28-20(27)24-13-7-6-10-18(24)23-14-11-21(12-15-23)19(26)22-16-25(21)17-8-4-3-5-9-17/h3-5,8-9,18H,2,6-7,10-16H2,1H3,(H,22,26). The number of likely N-dealkylation sites (tertiary alicyclic amines) is 2. The van der Waals surface area contributed by atoms with Gasteiger partial charge in [-0.1, -0.05) is 18.2 Å². The van der Waals surface area contributed by atoms with Gasteiger partial charge in [0.15, 0.2) is 0 Å². The lowest BCUT2D eigenvalue weighted by molar-refractivity contribution is -0.125. The first kappa shape index (κ1) is 19.1. The van der Waals surface area contributed by atoms with Gasteiger partial charge in [0.25, 0.3) is 0 Å². The molecule has 1 aromatic carbocycles. The van der Waals surface area contributed by atoms with E-state index in [0.717, 1.165) is 57.4 Å². The number of hydrogen-bond acceptors (Lipinski definition) is 5. The summed E-state index contributed by atoms with van der Waals surface area (Å²) in [5, 5.41) is 3.05. The zero-order valence-corrected chi connectivity index (χ0v) is 16.6. The summed E-state index contributed by atoms with van der Waals surface area (Å²) >= 11 is 0. The fraction of sp³-hybridized carbons (Fsp3) is 0.619. The van der Waals surface area contributed by atoms with Crippen molar-refractivity contribution < 1.29 is 14.3 Å². The van der Waals surface area contributed by atoms with E-state index in [-0.39, 0.29) is 18.2 Å². The maximum atomic E-state index is 12.8. The molecule has 152 valence electrons. The maximum Gasteiger partial charge on any atom is 0.411 e. The normalized spacial score (nSPS) is 25.0. The minimum absolute atomic E-state index is 0.0831. The van der Waals surface area contributed by atoms with Gasteiger partial charge < -0.3 is 15.0 Å². The summed E-state index contributed by atoms with van der Waals surface area (Å²) in [6.07, 6.45) is 4.52. The van der Waals surface area contributed by atoms with Gasteiger partial charge in [-0.05, 0) is 51.2 Å². The summed E-state index contributed by atoms with van der Waals surface area (Å²) < 4.78 is 5.28. The fourth-order valence-electron chi connectivity index (χ4n) is 4.94. The number of carbonyl (C=O) groups excluding carboxylic acids is 2. The number of carbonyl (C=O) groups is 2. The Labute approximate surface area is 166 Å². The van der Waals surface area contributed by atoms with Crippen molar-refractivity contribution in [2.24, 2.45) is 0 Å². The third-order valence-electron chi connectivity index (χ3n) is 6.43. The zero-order valence-electron chi connectivity index (χ0n) is 16.6. The van der Waals surface area contributed by atoms with E-state index in [9.17, 15) is 9.59 Å². The highest BCUT2D eigenvalue weighted by Crippen LogP contribution is 2.37. The number of benzene rings is 1. The highest BCUT2D eigenvalue weighted by atomic mass is 16.6. The van der Waals surface area contributed by atoms with E-state index in [2.05, 4.69) is 27.2 Å². The Balaban J connectivity index is 1.48. The number of para-hydroxylation sites is 1. The summed E-state index contributed by atoms with van der Waals surface area (Å²) in [7, 11) is 0. The predicted octanol–water partition coefficient (Wildman–Crippen LogP) is 2.38. The quantitative estimate of drug-likeness (QED) is 0.864. The molecule has 1 aromatic rings. The molecule has 0 saturated carbocycles. The largest absolute Gasteiger partial charge is 0.450 e. The van der Waals surface area contributed by atoms with Crippen molar-refractivity contribution in [1.82, 2.24) is 15.1 Å². The third kappa shape index (κ3) is 3.32. The second-order valence-electron chi connectivity index (χ2n) is 7.86. The van der Waals surface area contributed by atoms with Crippen LogP contribution in [-0.2, 0) is 9.53 Å². The molecule has 3 aliphatic rings. The molecular formula is C21H30N4O3. The van der Waals surface area contributed by atoms with Crippen LogP contribution in [0.25, 0.3) is 0 Å². The first-order chi connectivity index (χ1) is 13.7. The Morgan fingerprint density at radius 2 is 1.93 bits per heavy atom. The van der Waals surface area contributed by atoms with Crippen LogP contribution < -0.4 is 10.2 Å². The van der Waals surface area contributed by atoms with Gasteiger partial charge in [0.1, 0.15) is 5.54 Å². The lowest BCUT2D eigenvalue weighted by Gasteiger charge is -2.48. The number of nitrogens with zero attached hydrogens (tertiary/aromatic N) is 3. The monoisotopic (exact) mass is 386 g/mol. The molecule has 3 saturated heterocycles. The molecule has 0 aromatic heterocycles. The molecule has 1 spiro atoms. The van der Waals surface area contributed by atoms with E-state index < -0.39 is 5.54 Å². The Morgan fingerprint density at radius 3 is 2.64 bits per heavy atom. The van der Waals surface area contributed by atoms with Crippen molar-refractivity contribution in [3.63, 3.8) is 0 Å². The van der Waals surface area contributed by atoms with Gasteiger partial charge in [-0.2, -0.15) is 0 Å². The van der Waals surface area contributed by atoms with E-state index in [0.29, 0.717) is 13.3 Å². The van der Waals surface area contributed by atoms with Gasteiger partial charge in [0, 0.05) is 25.3 Å². The van der Waals surface area contributed by atoms with Crippen LogP contribution in [0.4, 0.5) is 10.5 Å². The molecule has 2 amide bonds. The average Bonchev–Trinajstić information content (AvgIpc) is 3.05. The number of ether oxygens (including phenoxy) is 1. The molecule has 7 nitrogen and oxygen atoms in total. The number of piperidine rings is 2. The number of rotatable bonds is 3. The Morgan fingerprint density at radius 1 is 1.18 bits per heavy atom. The molecule has 1 unspecified atom stereocenters. The number of nitrogens with one attached hydrogen (secondary N) is 1.